The standard InChI is InChI=1S/C17H19FN2O/c1-11-16-8-14(18)5-4-12(16)6-7-20(11)10-15-9-17(21-19-15)13-2-3-13/h4-5,8-9,11,13H,2-3,6-7,10H2,1H3. The van der Waals surface area contributed by atoms with E-state index in [4.69, 9.17) is 4.52 Å². The lowest BCUT2D eigenvalue weighted by Gasteiger charge is -2.34. The lowest BCUT2D eigenvalue weighted by atomic mass is 9.93. The number of aromatic nitrogens is 1. The Hall–Kier alpha value is -1.68. The smallest absolute Gasteiger partial charge is 0.140 e. The summed E-state index contributed by atoms with van der Waals surface area (Å²) in [7, 11) is 0. The lowest BCUT2D eigenvalue weighted by molar-refractivity contribution is 0.184. The first-order valence-corrected chi connectivity index (χ1v) is 7.68. The van der Waals surface area contributed by atoms with Crippen molar-refractivity contribution >= 4 is 0 Å². The van der Waals surface area contributed by atoms with Crippen molar-refractivity contribution in [3.8, 4) is 0 Å². The van der Waals surface area contributed by atoms with Crippen LogP contribution in [0, 0.1) is 5.82 Å². The summed E-state index contributed by atoms with van der Waals surface area (Å²) in [4.78, 5) is 2.34. The molecule has 1 fully saturated rings. The molecular formula is C17H19FN2O. The molecule has 1 atom stereocenters. The predicted octanol–water partition coefficient (Wildman–Crippen LogP) is 3.81. The Labute approximate surface area is 123 Å². The monoisotopic (exact) mass is 286 g/mol. The van der Waals surface area contributed by atoms with Crippen molar-refractivity contribution in [3.63, 3.8) is 0 Å². The molecule has 0 N–H and O–H groups in total. The molecule has 2 heterocycles. The highest BCUT2D eigenvalue weighted by Crippen LogP contribution is 2.40. The van der Waals surface area contributed by atoms with Gasteiger partial charge in [0.1, 0.15) is 11.6 Å². The molecule has 0 spiro atoms. The molecule has 1 aliphatic heterocycles. The molecule has 0 radical (unpaired) electrons. The van der Waals surface area contributed by atoms with Crippen molar-refractivity contribution in [1.82, 2.24) is 10.1 Å². The summed E-state index contributed by atoms with van der Waals surface area (Å²) in [5.41, 5.74) is 3.36. The maximum absolute atomic E-state index is 13.5. The van der Waals surface area contributed by atoms with Gasteiger partial charge in [0.2, 0.25) is 0 Å². The molecule has 1 aromatic heterocycles. The minimum Gasteiger partial charge on any atom is -0.361 e. The molecule has 0 amide bonds. The van der Waals surface area contributed by atoms with Crippen LogP contribution in [0.1, 0.15) is 54.3 Å². The van der Waals surface area contributed by atoms with Crippen LogP contribution in [0.15, 0.2) is 28.8 Å². The third-order valence-electron chi connectivity index (χ3n) is 4.70. The number of benzene rings is 1. The molecule has 0 saturated heterocycles. The third kappa shape index (κ3) is 2.48. The number of halogens is 1. The quantitative estimate of drug-likeness (QED) is 0.859. The summed E-state index contributed by atoms with van der Waals surface area (Å²) in [5, 5.41) is 4.19. The van der Waals surface area contributed by atoms with Crippen molar-refractivity contribution in [2.75, 3.05) is 6.54 Å². The minimum atomic E-state index is -0.153. The topological polar surface area (TPSA) is 29.3 Å². The summed E-state index contributed by atoms with van der Waals surface area (Å²) in [5.74, 6) is 1.47. The normalized spacial score (nSPS) is 22.3. The highest BCUT2D eigenvalue weighted by molar-refractivity contribution is 5.33. The Morgan fingerprint density at radius 3 is 3.00 bits per heavy atom. The van der Waals surface area contributed by atoms with E-state index in [0.717, 1.165) is 36.5 Å². The van der Waals surface area contributed by atoms with E-state index in [1.54, 1.807) is 12.1 Å². The first-order valence-electron chi connectivity index (χ1n) is 7.68. The molecule has 110 valence electrons. The Bertz CT molecular complexity index is 663. The second-order valence-corrected chi connectivity index (χ2v) is 6.23. The zero-order valence-electron chi connectivity index (χ0n) is 12.2. The second kappa shape index (κ2) is 4.95. The summed E-state index contributed by atoms with van der Waals surface area (Å²) in [6.07, 6.45) is 3.41. The highest BCUT2D eigenvalue weighted by atomic mass is 19.1. The van der Waals surface area contributed by atoms with Crippen molar-refractivity contribution in [2.45, 2.75) is 44.7 Å². The van der Waals surface area contributed by atoms with Gasteiger partial charge in [0.25, 0.3) is 0 Å². The number of rotatable bonds is 3. The zero-order chi connectivity index (χ0) is 14.4. The van der Waals surface area contributed by atoms with E-state index in [-0.39, 0.29) is 11.9 Å². The summed E-state index contributed by atoms with van der Waals surface area (Å²) in [6.45, 7) is 3.89. The van der Waals surface area contributed by atoms with Crippen LogP contribution in [0.2, 0.25) is 0 Å². The molecular weight excluding hydrogens is 267 g/mol. The van der Waals surface area contributed by atoms with Crippen molar-refractivity contribution in [2.24, 2.45) is 0 Å². The number of hydrogen-bond donors (Lipinski definition) is 0. The zero-order valence-corrected chi connectivity index (χ0v) is 12.2. The predicted molar refractivity (Wildman–Crippen MR) is 77.4 cm³/mol. The van der Waals surface area contributed by atoms with Gasteiger partial charge >= 0.3 is 0 Å². The summed E-state index contributed by atoms with van der Waals surface area (Å²) >= 11 is 0. The molecule has 2 aliphatic rings. The van der Waals surface area contributed by atoms with Crippen molar-refractivity contribution < 1.29 is 8.91 Å². The second-order valence-electron chi connectivity index (χ2n) is 6.23. The molecule has 1 saturated carbocycles. The fourth-order valence-electron chi connectivity index (χ4n) is 3.22. The number of fused-ring (bicyclic) bond motifs is 1. The van der Waals surface area contributed by atoms with Gasteiger partial charge in [0, 0.05) is 31.1 Å². The Morgan fingerprint density at radius 2 is 2.19 bits per heavy atom. The maximum Gasteiger partial charge on any atom is 0.140 e. The van der Waals surface area contributed by atoms with E-state index in [1.807, 2.05) is 6.07 Å². The van der Waals surface area contributed by atoms with Crippen molar-refractivity contribution in [3.05, 3.63) is 52.7 Å². The van der Waals surface area contributed by atoms with Gasteiger partial charge in [-0.3, -0.25) is 4.90 Å². The van der Waals surface area contributed by atoms with Crippen molar-refractivity contribution in [1.29, 1.82) is 0 Å². The first-order chi connectivity index (χ1) is 10.2. The fourth-order valence-corrected chi connectivity index (χ4v) is 3.22. The fraction of sp³-hybridized carbons (Fsp3) is 0.471. The van der Waals surface area contributed by atoms with E-state index in [9.17, 15) is 4.39 Å². The molecule has 1 unspecified atom stereocenters. The van der Waals surface area contributed by atoms with Crippen LogP contribution in [0.4, 0.5) is 4.39 Å². The molecule has 0 bridgehead atoms. The first kappa shape index (κ1) is 13.0. The molecule has 4 rings (SSSR count). The lowest BCUT2D eigenvalue weighted by Crippen LogP contribution is -2.33. The van der Waals surface area contributed by atoms with Gasteiger partial charge in [-0.05, 0) is 49.4 Å². The van der Waals surface area contributed by atoms with E-state index in [0.29, 0.717) is 5.92 Å². The molecule has 21 heavy (non-hydrogen) atoms. The molecule has 2 aromatic rings. The number of hydrogen-bond acceptors (Lipinski definition) is 3. The largest absolute Gasteiger partial charge is 0.361 e. The average Bonchev–Trinajstić information content (AvgIpc) is 3.23. The summed E-state index contributed by atoms with van der Waals surface area (Å²) in [6, 6.07) is 7.45. The minimum absolute atomic E-state index is 0.153. The van der Waals surface area contributed by atoms with E-state index in [2.05, 4.69) is 23.0 Å². The maximum atomic E-state index is 13.5. The van der Waals surface area contributed by atoms with Crippen LogP contribution in [-0.2, 0) is 13.0 Å². The van der Waals surface area contributed by atoms with Crippen LogP contribution in [0.5, 0.6) is 0 Å². The SMILES string of the molecule is CC1c2cc(F)ccc2CCN1Cc1cc(C2CC2)on1. The van der Waals surface area contributed by atoms with E-state index < -0.39 is 0 Å². The van der Waals surface area contributed by atoms with Gasteiger partial charge in [-0.25, -0.2) is 4.39 Å². The highest BCUT2D eigenvalue weighted by Gasteiger charge is 2.29. The van der Waals surface area contributed by atoms with E-state index in [1.165, 1.54) is 18.4 Å². The molecule has 3 nitrogen and oxygen atoms in total. The van der Waals surface area contributed by atoms with Crippen LogP contribution >= 0.6 is 0 Å². The van der Waals surface area contributed by atoms with Gasteiger partial charge in [0.15, 0.2) is 0 Å². The van der Waals surface area contributed by atoms with Crippen LogP contribution in [-0.4, -0.2) is 16.6 Å². The number of nitrogens with zero attached hydrogens (tertiary/aromatic N) is 2. The Morgan fingerprint density at radius 1 is 1.33 bits per heavy atom. The van der Waals surface area contributed by atoms with E-state index >= 15 is 0 Å². The third-order valence-corrected chi connectivity index (χ3v) is 4.70. The average molecular weight is 286 g/mol. The molecule has 1 aromatic carbocycles. The van der Waals surface area contributed by atoms with Gasteiger partial charge in [0.05, 0.1) is 5.69 Å². The molecule has 4 heteroatoms. The van der Waals surface area contributed by atoms with Crippen LogP contribution in [0.25, 0.3) is 0 Å². The summed E-state index contributed by atoms with van der Waals surface area (Å²) < 4.78 is 18.9. The van der Waals surface area contributed by atoms with Gasteiger partial charge < -0.3 is 4.52 Å². The molecule has 1 aliphatic carbocycles. The van der Waals surface area contributed by atoms with Crippen LogP contribution < -0.4 is 0 Å². The van der Waals surface area contributed by atoms with Gasteiger partial charge in [-0.1, -0.05) is 11.2 Å². The van der Waals surface area contributed by atoms with Gasteiger partial charge in [-0.15, -0.1) is 0 Å². The Balaban J connectivity index is 1.53. The Kier molecular flexibility index (Phi) is 3.07. The van der Waals surface area contributed by atoms with Gasteiger partial charge in [-0.2, -0.15) is 0 Å². The van der Waals surface area contributed by atoms with Crippen LogP contribution in [0.3, 0.4) is 0 Å².